The molecule has 0 bridgehead atoms. The fourth-order valence-corrected chi connectivity index (χ4v) is 4.31. The minimum Gasteiger partial charge on any atom is -0.493 e. The standard InChI is InChI=1S/C22H22N2O2/c25-21(13-14-8-9-15-10-11-26-20(15)12-14)23-19-7-3-5-17-16-4-1-2-6-18(16)24-22(17)19/h1-2,4,6,8-9,12,19,24H,3,5,7,10-11,13H2,(H,23,25). The maximum atomic E-state index is 12.6. The van der Waals surface area contributed by atoms with Gasteiger partial charge in [0.05, 0.1) is 19.1 Å². The SMILES string of the molecule is O=C(Cc1ccc2c(c1)OCC2)NC1CCCc2c1[nH]c1ccccc21. The minimum absolute atomic E-state index is 0.0689. The molecule has 1 unspecified atom stereocenters. The number of carbonyl (C=O) groups is 1. The first kappa shape index (κ1) is 15.5. The van der Waals surface area contributed by atoms with Crippen molar-refractivity contribution < 1.29 is 9.53 Å². The van der Waals surface area contributed by atoms with Crippen molar-refractivity contribution in [2.24, 2.45) is 0 Å². The monoisotopic (exact) mass is 346 g/mol. The molecule has 1 amide bonds. The van der Waals surface area contributed by atoms with Gasteiger partial charge in [-0.25, -0.2) is 0 Å². The Kier molecular flexibility index (Phi) is 3.70. The Bertz CT molecular complexity index is 989. The summed E-state index contributed by atoms with van der Waals surface area (Å²) >= 11 is 0. The second-order valence-electron chi connectivity index (χ2n) is 7.29. The van der Waals surface area contributed by atoms with Crippen LogP contribution in [0.3, 0.4) is 0 Å². The van der Waals surface area contributed by atoms with Gasteiger partial charge in [-0.2, -0.15) is 0 Å². The average Bonchev–Trinajstić information content (AvgIpc) is 3.26. The lowest BCUT2D eigenvalue weighted by atomic mass is 9.91. The van der Waals surface area contributed by atoms with E-state index in [0.29, 0.717) is 6.42 Å². The lowest BCUT2D eigenvalue weighted by molar-refractivity contribution is -0.121. The van der Waals surface area contributed by atoms with Crippen molar-refractivity contribution in [3.8, 4) is 5.75 Å². The van der Waals surface area contributed by atoms with Gasteiger partial charge in [0, 0.05) is 23.0 Å². The van der Waals surface area contributed by atoms with E-state index in [4.69, 9.17) is 4.74 Å². The third kappa shape index (κ3) is 2.66. The topological polar surface area (TPSA) is 54.1 Å². The molecule has 3 aromatic rings. The summed E-state index contributed by atoms with van der Waals surface area (Å²) in [6, 6.07) is 14.6. The summed E-state index contributed by atoms with van der Waals surface area (Å²) in [7, 11) is 0. The molecular weight excluding hydrogens is 324 g/mol. The van der Waals surface area contributed by atoms with Crippen LogP contribution >= 0.6 is 0 Å². The van der Waals surface area contributed by atoms with Crippen LogP contribution in [0.5, 0.6) is 5.75 Å². The number of hydrogen-bond acceptors (Lipinski definition) is 2. The molecular formula is C22H22N2O2. The first-order chi connectivity index (χ1) is 12.8. The van der Waals surface area contributed by atoms with Crippen LogP contribution in [0.15, 0.2) is 42.5 Å². The molecule has 1 aliphatic carbocycles. The Morgan fingerprint density at radius 1 is 1.19 bits per heavy atom. The highest BCUT2D eigenvalue weighted by Gasteiger charge is 2.25. The molecule has 0 radical (unpaired) electrons. The molecule has 26 heavy (non-hydrogen) atoms. The molecule has 0 saturated carbocycles. The van der Waals surface area contributed by atoms with E-state index in [9.17, 15) is 4.79 Å². The molecule has 132 valence electrons. The van der Waals surface area contributed by atoms with E-state index in [1.807, 2.05) is 18.2 Å². The lowest BCUT2D eigenvalue weighted by Gasteiger charge is -2.24. The zero-order chi connectivity index (χ0) is 17.5. The van der Waals surface area contributed by atoms with Crippen molar-refractivity contribution in [1.82, 2.24) is 10.3 Å². The van der Waals surface area contributed by atoms with Crippen LogP contribution in [-0.2, 0) is 24.1 Å². The molecule has 0 fully saturated rings. The summed E-state index contributed by atoms with van der Waals surface area (Å²) in [4.78, 5) is 16.2. The van der Waals surface area contributed by atoms with Crippen molar-refractivity contribution in [1.29, 1.82) is 0 Å². The largest absolute Gasteiger partial charge is 0.493 e. The van der Waals surface area contributed by atoms with Crippen LogP contribution in [0.25, 0.3) is 10.9 Å². The summed E-state index contributed by atoms with van der Waals surface area (Å²) in [6.45, 7) is 0.746. The second-order valence-corrected chi connectivity index (χ2v) is 7.29. The highest BCUT2D eigenvalue weighted by atomic mass is 16.5. The number of hydrogen-bond donors (Lipinski definition) is 2. The highest BCUT2D eigenvalue weighted by Crippen LogP contribution is 2.34. The third-order valence-electron chi connectivity index (χ3n) is 5.58. The van der Waals surface area contributed by atoms with Crippen molar-refractivity contribution in [3.63, 3.8) is 0 Å². The lowest BCUT2D eigenvalue weighted by Crippen LogP contribution is -2.32. The smallest absolute Gasteiger partial charge is 0.224 e. The van der Waals surface area contributed by atoms with Gasteiger partial charge in [0.25, 0.3) is 0 Å². The second kappa shape index (κ2) is 6.20. The minimum atomic E-state index is 0.0689. The number of rotatable bonds is 3. The van der Waals surface area contributed by atoms with Gasteiger partial charge >= 0.3 is 0 Å². The molecule has 4 heteroatoms. The van der Waals surface area contributed by atoms with Gasteiger partial charge in [-0.1, -0.05) is 30.3 Å². The molecule has 2 N–H and O–H groups in total. The summed E-state index contributed by atoms with van der Waals surface area (Å²) in [5.41, 5.74) is 5.96. The number of aromatic amines is 1. The molecule has 0 saturated heterocycles. The summed E-state index contributed by atoms with van der Waals surface area (Å²) in [5.74, 6) is 1.00. The molecule has 4 nitrogen and oxygen atoms in total. The quantitative estimate of drug-likeness (QED) is 0.757. The van der Waals surface area contributed by atoms with E-state index in [0.717, 1.165) is 49.1 Å². The number of ether oxygens (including phenoxy) is 1. The number of amides is 1. The van der Waals surface area contributed by atoms with Crippen LogP contribution in [0.1, 0.15) is 41.3 Å². The van der Waals surface area contributed by atoms with Gasteiger partial charge in [-0.15, -0.1) is 0 Å². The van der Waals surface area contributed by atoms with Crippen LogP contribution < -0.4 is 10.1 Å². The number of H-pyrrole nitrogens is 1. The van der Waals surface area contributed by atoms with Crippen molar-refractivity contribution >= 4 is 16.8 Å². The van der Waals surface area contributed by atoms with E-state index in [1.165, 1.54) is 22.2 Å². The number of aryl methyl sites for hydroxylation is 1. The molecule has 1 atom stereocenters. The molecule has 2 aliphatic rings. The van der Waals surface area contributed by atoms with Crippen LogP contribution in [0.2, 0.25) is 0 Å². The predicted octanol–water partition coefficient (Wildman–Crippen LogP) is 3.84. The number of carbonyl (C=O) groups excluding carboxylic acids is 1. The van der Waals surface area contributed by atoms with Crippen LogP contribution in [-0.4, -0.2) is 17.5 Å². The summed E-state index contributed by atoms with van der Waals surface area (Å²) in [6.07, 6.45) is 4.52. The number of benzene rings is 2. The van der Waals surface area contributed by atoms with Crippen molar-refractivity contribution in [2.45, 2.75) is 38.1 Å². The van der Waals surface area contributed by atoms with E-state index in [2.05, 4.69) is 34.6 Å². The molecule has 2 aromatic carbocycles. The number of nitrogens with one attached hydrogen (secondary N) is 2. The normalized spacial score (nSPS) is 18.2. The first-order valence-corrected chi connectivity index (χ1v) is 9.41. The van der Waals surface area contributed by atoms with E-state index in [-0.39, 0.29) is 11.9 Å². The van der Waals surface area contributed by atoms with E-state index >= 15 is 0 Å². The molecule has 1 aliphatic heterocycles. The van der Waals surface area contributed by atoms with Gasteiger partial charge in [-0.3, -0.25) is 4.79 Å². The summed E-state index contributed by atoms with van der Waals surface area (Å²) < 4.78 is 5.61. The zero-order valence-corrected chi connectivity index (χ0v) is 14.7. The van der Waals surface area contributed by atoms with Crippen LogP contribution in [0, 0.1) is 0 Å². The number of fused-ring (bicyclic) bond motifs is 4. The Labute approximate surface area is 152 Å². The zero-order valence-electron chi connectivity index (χ0n) is 14.7. The molecule has 5 rings (SSSR count). The van der Waals surface area contributed by atoms with Gasteiger partial charge < -0.3 is 15.0 Å². The maximum absolute atomic E-state index is 12.6. The van der Waals surface area contributed by atoms with E-state index < -0.39 is 0 Å². The maximum Gasteiger partial charge on any atom is 0.224 e. The van der Waals surface area contributed by atoms with Crippen molar-refractivity contribution in [3.05, 3.63) is 64.8 Å². The Hall–Kier alpha value is -2.75. The Morgan fingerprint density at radius 2 is 2.12 bits per heavy atom. The van der Waals surface area contributed by atoms with Gasteiger partial charge in [-0.05, 0) is 48.1 Å². The Balaban J connectivity index is 1.35. The van der Waals surface area contributed by atoms with Gasteiger partial charge in [0.1, 0.15) is 5.75 Å². The van der Waals surface area contributed by atoms with Crippen molar-refractivity contribution in [2.75, 3.05) is 6.61 Å². The van der Waals surface area contributed by atoms with Gasteiger partial charge in [0.2, 0.25) is 5.91 Å². The highest BCUT2D eigenvalue weighted by molar-refractivity contribution is 5.86. The van der Waals surface area contributed by atoms with E-state index in [1.54, 1.807) is 0 Å². The molecule has 0 spiro atoms. The fraction of sp³-hybridized carbons (Fsp3) is 0.318. The van der Waals surface area contributed by atoms with Gasteiger partial charge in [0.15, 0.2) is 0 Å². The summed E-state index contributed by atoms with van der Waals surface area (Å²) in [5, 5.41) is 4.53. The number of aromatic nitrogens is 1. The fourth-order valence-electron chi connectivity index (χ4n) is 4.31. The predicted molar refractivity (Wildman–Crippen MR) is 101 cm³/mol. The molecule has 2 heterocycles. The molecule has 1 aromatic heterocycles. The average molecular weight is 346 g/mol. The van der Waals surface area contributed by atoms with Crippen LogP contribution in [0.4, 0.5) is 0 Å². The third-order valence-corrected chi connectivity index (χ3v) is 5.58. The number of para-hydroxylation sites is 1. The first-order valence-electron chi connectivity index (χ1n) is 9.41. The Morgan fingerprint density at radius 3 is 3.08 bits per heavy atom.